The molecule has 0 radical (unpaired) electrons. The van der Waals surface area contributed by atoms with Gasteiger partial charge in [-0.25, -0.2) is 0 Å². The van der Waals surface area contributed by atoms with E-state index in [0.29, 0.717) is 0 Å². The van der Waals surface area contributed by atoms with Gasteiger partial charge in [0.05, 0.1) is 15.6 Å². The van der Waals surface area contributed by atoms with Crippen LogP contribution in [0.2, 0.25) is 10.0 Å². The van der Waals surface area contributed by atoms with Gasteiger partial charge in [0.15, 0.2) is 0 Å². The smallest absolute Gasteiger partial charge is 0.252 e. The van der Waals surface area contributed by atoms with Gasteiger partial charge in [-0.15, -0.1) is 0 Å². The molecule has 0 saturated heterocycles. The van der Waals surface area contributed by atoms with Gasteiger partial charge < -0.3 is 0 Å². The Kier molecular flexibility index (Phi) is 3.16. The van der Waals surface area contributed by atoms with Crippen LogP contribution in [-0.4, -0.2) is 5.24 Å². The molecule has 0 spiro atoms. The molecule has 5 heteroatoms. The van der Waals surface area contributed by atoms with Crippen molar-refractivity contribution in [1.82, 2.24) is 0 Å². The Balaban J connectivity index is 3.41. The number of benzene rings is 1. The first-order valence-electron chi connectivity index (χ1n) is 3.15. The number of carbonyl (C=O) groups is 1. The quantitative estimate of drug-likeness (QED) is 0.700. The molecular formula is C8H2Cl3NO. The fourth-order valence-corrected chi connectivity index (χ4v) is 1.26. The lowest BCUT2D eigenvalue weighted by Gasteiger charge is -2.00. The summed E-state index contributed by atoms with van der Waals surface area (Å²) in [5.41, 5.74) is 0.297. The molecule has 0 aliphatic carbocycles. The van der Waals surface area contributed by atoms with Crippen LogP contribution in [0.25, 0.3) is 0 Å². The lowest BCUT2D eigenvalue weighted by atomic mass is 10.1. The van der Waals surface area contributed by atoms with Crippen LogP contribution >= 0.6 is 34.8 Å². The Morgan fingerprint density at radius 2 is 2.00 bits per heavy atom. The molecule has 0 aromatic heterocycles. The summed E-state index contributed by atoms with van der Waals surface area (Å²) in [6.45, 7) is 0. The Morgan fingerprint density at radius 1 is 1.38 bits per heavy atom. The highest BCUT2D eigenvalue weighted by molar-refractivity contribution is 6.67. The highest BCUT2D eigenvalue weighted by Crippen LogP contribution is 2.27. The minimum absolute atomic E-state index is 0.130. The van der Waals surface area contributed by atoms with E-state index >= 15 is 0 Å². The van der Waals surface area contributed by atoms with E-state index in [2.05, 4.69) is 0 Å². The lowest BCUT2D eigenvalue weighted by Crippen LogP contribution is -1.91. The van der Waals surface area contributed by atoms with E-state index in [0.717, 1.165) is 0 Å². The molecule has 0 heterocycles. The van der Waals surface area contributed by atoms with Gasteiger partial charge in [0.1, 0.15) is 6.07 Å². The van der Waals surface area contributed by atoms with Crippen molar-refractivity contribution in [2.45, 2.75) is 0 Å². The Morgan fingerprint density at radius 3 is 2.46 bits per heavy atom. The van der Waals surface area contributed by atoms with E-state index in [1.165, 1.54) is 12.1 Å². The summed E-state index contributed by atoms with van der Waals surface area (Å²) in [6, 6.07) is 4.42. The molecule has 1 rings (SSSR count). The van der Waals surface area contributed by atoms with Crippen LogP contribution in [0, 0.1) is 11.3 Å². The van der Waals surface area contributed by atoms with E-state index in [9.17, 15) is 4.79 Å². The molecule has 0 N–H and O–H groups in total. The summed E-state index contributed by atoms with van der Waals surface area (Å²) in [5.74, 6) is 0. The van der Waals surface area contributed by atoms with E-state index in [1.54, 1.807) is 6.07 Å². The maximum absolute atomic E-state index is 10.7. The van der Waals surface area contributed by atoms with Crippen molar-refractivity contribution in [2.75, 3.05) is 0 Å². The topological polar surface area (TPSA) is 40.9 Å². The van der Waals surface area contributed by atoms with Crippen LogP contribution in [0.3, 0.4) is 0 Å². The van der Waals surface area contributed by atoms with Crippen LogP contribution in [-0.2, 0) is 0 Å². The zero-order chi connectivity index (χ0) is 10.0. The molecule has 0 aliphatic heterocycles. The van der Waals surface area contributed by atoms with Gasteiger partial charge >= 0.3 is 0 Å². The predicted octanol–water partition coefficient (Wildman–Crippen LogP) is 3.24. The van der Waals surface area contributed by atoms with Crippen molar-refractivity contribution in [2.24, 2.45) is 0 Å². The van der Waals surface area contributed by atoms with Crippen molar-refractivity contribution < 1.29 is 4.79 Å². The number of hydrogen-bond acceptors (Lipinski definition) is 2. The Labute approximate surface area is 89.6 Å². The fraction of sp³-hybridized carbons (Fsp3) is 0. The first-order chi connectivity index (χ1) is 6.06. The monoisotopic (exact) mass is 233 g/mol. The first kappa shape index (κ1) is 10.3. The van der Waals surface area contributed by atoms with E-state index in [-0.39, 0.29) is 21.2 Å². The summed E-state index contributed by atoms with van der Waals surface area (Å²) in [4.78, 5) is 10.7. The molecular weight excluding hydrogens is 232 g/mol. The van der Waals surface area contributed by atoms with Gasteiger partial charge in [-0.1, -0.05) is 23.2 Å². The zero-order valence-electron chi connectivity index (χ0n) is 6.14. The van der Waals surface area contributed by atoms with Crippen LogP contribution in [0.1, 0.15) is 15.9 Å². The SMILES string of the molecule is N#Cc1cc(C(=O)Cl)cc(Cl)c1Cl. The molecule has 1 aromatic carbocycles. The number of halogens is 3. The number of nitriles is 1. The predicted molar refractivity (Wildman–Crippen MR) is 51.4 cm³/mol. The van der Waals surface area contributed by atoms with Gasteiger partial charge in [-0.2, -0.15) is 5.26 Å². The molecule has 66 valence electrons. The Bertz CT molecular complexity index is 409. The van der Waals surface area contributed by atoms with Crippen molar-refractivity contribution in [1.29, 1.82) is 5.26 Å². The lowest BCUT2D eigenvalue weighted by molar-refractivity contribution is 0.108. The van der Waals surface area contributed by atoms with Gasteiger partial charge in [0.2, 0.25) is 0 Å². The van der Waals surface area contributed by atoms with Gasteiger partial charge in [0.25, 0.3) is 5.24 Å². The number of carbonyl (C=O) groups excluding carboxylic acids is 1. The van der Waals surface area contributed by atoms with E-state index in [4.69, 9.17) is 40.1 Å². The number of nitrogens with zero attached hydrogens (tertiary/aromatic N) is 1. The molecule has 1 aromatic rings. The van der Waals surface area contributed by atoms with Crippen LogP contribution in [0.4, 0.5) is 0 Å². The highest BCUT2D eigenvalue weighted by Gasteiger charge is 2.10. The molecule has 2 nitrogen and oxygen atoms in total. The second-order valence-electron chi connectivity index (χ2n) is 2.21. The molecule has 13 heavy (non-hydrogen) atoms. The highest BCUT2D eigenvalue weighted by atomic mass is 35.5. The first-order valence-corrected chi connectivity index (χ1v) is 4.28. The second kappa shape index (κ2) is 3.97. The van der Waals surface area contributed by atoms with E-state index in [1.807, 2.05) is 0 Å². The molecule has 0 fully saturated rings. The largest absolute Gasteiger partial charge is 0.276 e. The normalized spacial score (nSPS) is 9.38. The minimum Gasteiger partial charge on any atom is -0.276 e. The summed E-state index contributed by atoms with van der Waals surface area (Å²) in [6.07, 6.45) is 0. The average Bonchev–Trinajstić information content (AvgIpc) is 2.09. The van der Waals surface area contributed by atoms with Crippen LogP contribution < -0.4 is 0 Å². The average molecular weight is 234 g/mol. The van der Waals surface area contributed by atoms with Gasteiger partial charge in [0, 0.05) is 5.56 Å². The molecule has 0 aliphatic rings. The molecule has 0 amide bonds. The van der Waals surface area contributed by atoms with Crippen molar-refractivity contribution >= 4 is 40.0 Å². The summed E-state index contributed by atoms with van der Waals surface area (Å²) >= 11 is 16.5. The standard InChI is InChI=1S/C8H2Cl3NO/c9-6-2-4(8(11)13)1-5(3-12)7(6)10/h1-2H. The van der Waals surface area contributed by atoms with E-state index < -0.39 is 5.24 Å². The Hall–Kier alpha value is -0.750. The third-order valence-electron chi connectivity index (χ3n) is 1.38. The fourth-order valence-electron chi connectivity index (χ4n) is 0.784. The number of rotatable bonds is 1. The summed E-state index contributed by atoms with van der Waals surface area (Å²) in [7, 11) is 0. The molecule has 0 atom stereocenters. The molecule has 0 saturated carbocycles. The molecule has 0 unspecified atom stereocenters. The maximum atomic E-state index is 10.7. The maximum Gasteiger partial charge on any atom is 0.252 e. The summed E-state index contributed by atoms with van der Waals surface area (Å²) < 4.78 is 0. The number of hydrogen-bond donors (Lipinski definition) is 0. The summed E-state index contributed by atoms with van der Waals surface area (Å²) in [5, 5.41) is 8.20. The van der Waals surface area contributed by atoms with Crippen LogP contribution in [0.15, 0.2) is 12.1 Å². The van der Waals surface area contributed by atoms with Crippen molar-refractivity contribution in [3.8, 4) is 6.07 Å². The molecule has 0 bridgehead atoms. The zero-order valence-corrected chi connectivity index (χ0v) is 8.41. The second-order valence-corrected chi connectivity index (χ2v) is 3.33. The van der Waals surface area contributed by atoms with Crippen molar-refractivity contribution in [3.63, 3.8) is 0 Å². The van der Waals surface area contributed by atoms with Crippen molar-refractivity contribution in [3.05, 3.63) is 33.3 Å². The third kappa shape index (κ3) is 2.13. The van der Waals surface area contributed by atoms with Crippen LogP contribution in [0.5, 0.6) is 0 Å². The van der Waals surface area contributed by atoms with Gasteiger partial charge in [-0.05, 0) is 23.7 Å². The minimum atomic E-state index is -0.671. The van der Waals surface area contributed by atoms with Gasteiger partial charge in [-0.3, -0.25) is 4.79 Å². The third-order valence-corrected chi connectivity index (χ3v) is 2.40.